The van der Waals surface area contributed by atoms with Gasteiger partial charge in [-0.2, -0.15) is 4.98 Å². The SMILES string of the molecule is CNc1nc2cc(-c3cnc4c(c3)C(=O)N(Cc3cc(OC(F)(F)F)ccc3F)CCO4)ccn2n1. The fraction of sp³-hybridized carbons (Fsp3) is 0.217. The van der Waals surface area contributed by atoms with Gasteiger partial charge in [-0.25, -0.2) is 13.9 Å². The molecular formula is C23H18F4N6O3. The standard InChI is InChI=1S/C23H18F4N6O3/c1-28-22-30-19-10-13(4-5-33(19)31-22)14-9-17-20(29-11-14)35-7-6-32(21(17)34)12-15-8-16(2-3-18(15)24)36-23(25,26)27/h2-5,8-11H,6-7,12H2,1H3,(H,28,31). The average Bonchev–Trinajstić information content (AvgIpc) is 3.20. The van der Waals surface area contributed by atoms with Crippen molar-refractivity contribution in [1.29, 1.82) is 0 Å². The van der Waals surface area contributed by atoms with E-state index >= 15 is 0 Å². The molecule has 0 unspecified atom stereocenters. The van der Waals surface area contributed by atoms with Gasteiger partial charge in [0.05, 0.1) is 6.54 Å². The Morgan fingerprint density at radius 3 is 2.78 bits per heavy atom. The lowest BCUT2D eigenvalue weighted by Crippen LogP contribution is -2.32. The molecule has 0 atom stereocenters. The molecule has 0 fully saturated rings. The summed E-state index contributed by atoms with van der Waals surface area (Å²) in [6, 6.07) is 7.82. The minimum Gasteiger partial charge on any atom is -0.475 e. The van der Waals surface area contributed by atoms with Crippen LogP contribution >= 0.6 is 0 Å². The highest BCUT2D eigenvalue weighted by Crippen LogP contribution is 2.30. The summed E-state index contributed by atoms with van der Waals surface area (Å²) >= 11 is 0. The molecule has 1 amide bonds. The molecule has 9 nitrogen and oxygen atoms in total. The quantitative estimate of drug-likeness (QED) is 0.414. The van der Waals surface area contributed by atoms with Crippen LogP contribution in [0.15, 0.2) is 48.8 Å². The number of ether oxygens (including phenoxy) is 2. The summed E-state index contributed by atoms with van der Waals surface area (Å²) in [6.45, 7) is -0.137. The molecule has 5 rings (SSSR count). The third kappa shape index (κ3) is 4.72. The molecule has 1 aromatic carbocycles. The second kappa shape index (κ2) is 8.98. The number of hydrogen-bond acceptors (Lipinski definition) is 7. The number of carbonyl (C=O) groups is 1. The number of pyridine rings is 2. The van der Waals surface area contributed by atoms with Gasteiger partial charge in [0.2, 0.25) is 11.8 Å². The smallest absolute Gasteiger partial charge is 0.475 e. The number of halogens is 4. The van der Waals surface area contributed by atoms with Crippen LogP contribution in [0.1, 0.15) is 15.9 Å². The third-order valence-corrected chi connectivity index (χ3v) is 5.48. The van der Waals surface area contributed by atoms with Crippen LogP contribution in [-0.2, 0) is 6.54 Å². The zero-order valence-corrected chi connectivity index (χ0v) is 18.7. The van der Waals surface area contributed by atoms with E-state index in [2.05, 4.69) is 25.1 Å². The first-order valence-corrected chi connectivity index (χ1v) is 10.7. The van der Waals surface area contributed by atoms with Crippen LogP contribution in [0, 0.1) is 5.82 Å². The van der Waals surface area contributed by atoms with Crippen molar-refractivity contribution in [2.45, 2.75) is 12.9 Å². The van der Waals surface area contributed by atoms with Gasteiger partial charge in [0.15, 0.2) is 5.65 Å². The number of carbonyl (C=O) groups excluding carboxylic acids is 1. The Labute approximate surface area is 201 Å². The number of amides is 1. The second-order valence-electron chi connectivity index (χ2n) is 7.86. The van der Waals surface area contributed by atoms with Gasteiger partial charge in [0, 0.05) is 37.1 Å². The minimum absolute atomic E-state index is 0.0734. The molecule has 4 aromatic rings. The molecule has 36 heavy (non-hydrogen) atoms. The Morgan fingerprint density at radius 2 is 2.00 bits per heavy atom. The number of hydrogen-bond donors (Lipinski definition) is 1. The van der Waals surface area contributed by atoms with Gasteiger partial charge in [0.25, 0.3) is 5.91 Å². The van der Waals surface area contributed by atoms with Crippen molar-refractivity contribution in [3.8, 4) is 22.8 Å². The topological polar surface area (TPSA) is 93.9 Å². The number of alkyl halides is 3. The highest BCUT2D eigenvalue weighted by molar-refractivity contribution is 5.98. The van der Waals surface area contributed by atoms with E-state index in [0.29, 0.717) is 17.2 Å². The number of rotatable bonds is 5. The lowest BCUT2D eigenvalue weighted by molar-refractivity contribution is -0.274. The molecule has 3 aromatic heterocycles. The molecule has 0 aliphatic carbocycles. The maximum absolute atomic E-state index is 14.4. The number of aromatic nitrogens is 4. The van der Waals surface area contributed by atoms with Crippen LogP contribution < -0.4 is 14.8 Å². The Hall–Kier alpha value is -4.42. The van der Waals surface area contributed by atoms with Gasteiger partial charge >= 0.3 is 6.36 Å². The van der Waals surface area contributed by atoms with E-state index in [4.69, 9.17) is 4.74 Å². The minimum atomic E-state index is -4.92. The van der Waals surface area contributed by atoms with Gasteiger partial charge in [-0.1, -0.05) is 0 Å². The molecule has 0 saturated carbocycles. The molecule has 4 heterocycles. The summed E-state index contributed by atoms with van der Waals surface area (Å²) in [5, 5.41) is 7.10. The maximum Gasteiger partial charge on any atom is 0.573 e. The zero-order valence-electron chi connectivity index (χ0n) is 18.7. The number of nitrogens with zero attached hydrogens (tertiary/aromatic N) is 5. The van der Waals surface area contributed by atoms with Crippen LogP contribution in [0.3, 0.4) is 0 Å². The monoisotopic (exact) mass is 502 g/mol. The summed E-state index contributed by atoms with van der Waals surface area (Å²) < 4.78 is 63.2. The van der Waals surface area contributed by atoms with Gasteiger partial charge in [-0.3, -0.25) is 4.79 Å². The van der Waals surface area contributed by atoms with Crippen molar-refractivity contribution in [2.24, 2.45) is 0 Å². The molecule has 0 radical (unpaired) electrons. The fourth-order valence-electron chi connectivity index (χ4n) is 3.80. The number of benzene rings is 1. The Balaban J connectivity index is 1.44. The van der Waals surface area contributed by atoms with Crippen molar-refractivity contribution in [3.05, 3.63) is 65.7 Å². The van der Waals surface area contributed by atoms with E-state index in [-0.39, 0.29) is 36.7 Å². The van der Waals surface area contributed by atoms with Crippen molar-refractivity contribution in [2.75, 3.05) is 25.5 Å². The van der Waals surface area contributed by atoms with Crippen molar-refractivity contribution >= 4 is 17.5 Å². The van der Waals surface area contributed by atoms with Gasteiger partial charge in [-0.05, 0) is 42.0 Å². The average molecular weight is 502 g/mol. The predicted octanol–water partition coefficient (Wildman–Crippen LogP) is 3.91. The zero-order chi connectivity index (χ0) is 25.4. The molecular weight excluding hydrogens is 484 g/mol. The van der Waals surface area contributed by atoms with E-state index in [0.717, 1.165) is 23.8 Å². The van der Waals surface area contributed by atoms with E-state index in [1.807, 2.05) is 0 Å². The first-order chi connectivity index (χ1) is 17.2. The first-order valence-electron chi connectivity index (χ1n) is 10.7. The Kier molecular flexibility index (Phi) is 5.82. The molecule has 1 N–H and O–H groups in total. The van der Waals surface area contributed by atoms with Crippen molar-refractivity contribution in [1.82, 2.24) is 24.5 Å². The summed E-state index contributed by atoms with van der Waals surface area (Å²) in [4.78, 5) is 23.2. The normalized spacial score (nSPS) is 13.8. The van der Waals surface area contributed by atoms with E-state index in [1.165, 1.54) is 4.90 Å². The third-order valence-electron chi connectivity index (χ3n) is 5.48. The molecule has 0 spiro atoms. The van der Waals surface area contributed by atoms with Gasteiger partial charge in [0.1, 0.15) is 23.7 Å². The van der Waals surface area contributed by atoms with E-state index < -0.39 is 23.8 Å². The summed E-state index contributed by atoms with van der Waals surface area (Å²) in [5.74, 6) is -1.28. The van der Waals surface area contributed by atoms with Gasteiger partial charge < -0.3 is 19.7 Å². The van der Waals surface area contributed by atoms with Crippen molar-refractivity contribution < 1.29 is 31.8 Å². The lowest BCUT2D eigenvalue weighted by Gasteiger charge is -2.21. The molecule has 1 aliphatic rings. The fourth-order valence-corrected chi connectivity index (χ4v) is 3.80. The summed E-state index contributed by atoms with van der Waals surface area (Å²) in [7, 11) is 1.70. The molecule has 1 aliphatic heterocycles. The summed E-state index contributed by atoms with van der Waals surface area (Å²) in [6.07, 6.45) is -1.65. The molecule has 0 bridgehead atoms. The van der Waals surface area contributed by atoms with E-state index in [9.17, 15) is 22.4 Å². The number of fused-ring (bicyclic) bond motifs is 2. The van der Waals surface area contributed by atoms with Crippen LogP contribution in [-0.4, -0.2) is 57.0 Å². The van der Waals surface area contributed by atoms with Crippen LogP contribution in [0.25, 0.3) is 16.8 Å². The first kappa shape index (κ1) is 23.3. The summed E-state index contributed by atoms with van der Waals surface area (Å²) in [5.41, 5.74) is 1.92. The highest BCUT2D eigenvalue weighted by atomic mass is 19.4. The number of anilines is 1. The lowest BCUT2D eigenvalue weighted by atomic mass is 10.1. The largest absolute Gasteiger partial charge is 0.573 e. The maximum atomic E-state index is 14.4. The van der Waals surface area contributed by atoms with Crippen molar-refractivity contribution in [3.63, 3.8) is 0 Å². The molecule has 186 valence electrons. The predicted molar refractivity (Wildman–Crippen MR) is 119 cm³/mol. The van der Waals surface area contributed by atoms with Crippen LogP contribution in [0.2, 0.25) is 0 Å². The Bertz CT molecular complexity index is 1460. The highest BCUT2D eigenvalue weighted by Gasteiger charge is 2.32. The Morgan fingerprint density at radius 1 is 1.17 bits per heavy atom. The van der Waals surface area contributed by atoms with Gasteiger partial charge in [-0.15, -0.1) is 18.3 Å². The van der Waals surface area contributed by atoms with E-state index in [1.54, 1.807) is 42.2 Å². The second-order valence-corrected chi connectivity index (χ2v) is 7.86. The van der Waals surface area contributed by atoms with Crippen LogP contribution in [0.4, 0.5) is 23.5 Å². The molecule has 0 saturated heterocycles. The molecule has 13 heteroatoms. The number of nitrogens with one attached hydrogen (secondary N) is 1. The van der Waals surface area contributed by atoms with Crippen LogP contribution in [0.5, 0.6) is 11.6 Å².